The fourth-order valence-electron chi connectivity index (χ4n) is 3.41. The highest BCUT2D eigenvalue weighted by molar-refractivity contribution is 5.85. The molecule has 0 amide bonds. The van der Waals surface area contributed by atoms with Crippen molar-refractivity contribution >= 4 is 12.4 Å². The Hall–Kier alpha value is -1.17. The molecule has 6 heteroatoms. The summed E-state index contributed by atoms with van der Waals surface area (Å²) in [4.78, 5) is 2.49. The third-order valence-corrected chi connectivity index (χ3v) is 5.18. The number of nitrogens with one attached hydrogen (secondary N) is 1. The van der Waals surface area contributed by atoms with E-state index >= 15 is 0 Å². The van der Waals surface area contributed by atoms with Crippen LogP contribution in [0.5, 0.6) is 17.2 Å². The van der Waals surface area contributed by atoms with Gasteiger partial charge >= 0.3 is 0 Å². The Morgan fingerprint density at radius 1 is 0.960 bits per heavy atom. The van der Waals surface area contributed by atoms with Crippen molar-refractivity contribution in [3.05, 3.63) is 17.7 Å². The molecule has 2 aliphatic rings. The highest BCUT2D eigenvalue weighted by Gasteiger charge is 2.25. The molecule has 0 aromatic heterocycles. The van der Waals surface area contributed by atoms with Gasteiger partial charge < -0.3 is 19.5 Å². The van der Waals surface area contributed by atoms with Crippen molar-refractivity contribution in [3.63, 3.8) is 0 Å². The molecule has 2 fully saturated rings. The molecule has 5 nitrogen and oxygen atoms in total. The van der Waals surface area contributed by atoms with Crippen LogP contribution in [0, 0.1) is 5.92 Å². The van der Waals surface area contributed by atoms with Crippen molar-refractivity contribution in [2.24, 2.45) is 5.92 Å². The van der Waals surface area contributed by atoms with E-state index in [1.165, 1.54) is 32.2 Å². The van der Waals surface area contributed by atoms with Gasteiger partial charge in [0.15, 0.2) is 0 Å². The second-order valence-corrected chi connectivity index (χ2v) is 6.91. The minimum absolute atomic E-state index is 0. The average Bonchev–Trinajstić information content (AvgIpc) is 3.45. The number of ether oxygens (including phenoxy) is 3. The Bertz CT molecular complexity index is 518. The lowest BCUT2D eigenvalue weighted by Gasteiger charge is -2.33. The second kappa shape index (κ2) is 9.51. The number of piperidine rings is 1. The molecule has 1 aliphatic carbocycles. The Kier molecular flexibility index (Phi) is 7.66. The van der Waals surface area contributed by atoms with E-state index in [1.54, 1.807) is 21.3 Å². The van der Waals surface area contributed by atoms with Gasteiger partial charge in [-0.3, -0.25) is 4.90 Å². The summed E-state index contributed by atoms with van der Waals surface area (Å²) in [6.45, 7) is 4.29. The van der Waals surface area contributed by atoms with E-state index in [1.807, 2.05) is 12.1 Å². The first-order valence-corrected chi connectivity index (χ1v) is 8.98. The molecule has 1 N–H and O–H groups in total. The van der Waals surface area contributed by atoms with Crippen LogP contribution < -0.4 is 19.5 Å². The highest BCUT2D eigenvalue weighted by atomic mass is 35.5. The maximum Gasteiger partial charge on any atom is 0.130 e. The Balaban J connectivity index is 0.00000225. The van der Waals surface area contributed by atoms with Crippen LogP contribution >= 0.6 is 12.4 Å². The van der Waals surface area contributed by atoms with Crippen molar-refractivity contribution in [2.45, 2.75) is 38.3 Å². The maximum absolute atomic E-state index is 5.57. The van der Waals surface area contributed by atoms with E-state index in [0.29, 0.717) is 6.04 Å². The van der Waals surface area contributed by atoms with E-state index < -0.39 is 0 Å². The van der Waals surface area contributed by atoms with Gasteiger partial charge in [-0.05, 0) is 51.2 Å². The summed E-state index contributed by atoms with van der Waals surface area (Å²) in [5.74, 6) is 3.38. The summed E-state index contributed by atoms with van der Waals surface area (Å²) < 4.78 is 16.5. The fourth-order valence-corrected chi connectivity index (χ4v) is 3.41. The van der Waals surface area contributed by atoms with Crippen LogP contribution in [0.2, 0.25) is 0 Å². The van der Waals surface area contributed by atoms with Crippen LogP contribution in [0.25, 0.3) is 0 Å². The summed E-state index contributed by atoms with van der Waals surface area (Å²) in [6, 6.07) is 4.55. The van der Waals surface area contributed by atoms with Gasteiger partial charge in [-0.25, -0.2) is 0 Å². The van der Waals surface area contributed by atoms with Crippen LogP contribution in [0.15, 0.2) is 12.1 Å². The quantitative estimate of drug-likeness (QED) is 0.761. The van der Waals surface area contributed by atoms with Gasteiger partial charge in [0.1, 0.15) is 17.2 Å². The van der Waals surface area contributed by atoms with E-state index in [9.17, 15) is 0 Å². The monoisotopic (exact) mass is 370 g/mol. The van der Waals surface area contributed by atoms with E-state index in [0.717, 1.165) is 48.4 Å². The molecule has 1 saturated carbocycles. The van der Waals surface area contributed by atoms with Crippen LogP contribution in [-0.2, 0) is 6.54 Å². The molecule has 0 atom stereocenters. The molecular weight excluding hydrogens is 340 g/mol. The molecule has 0 radical (unpaired) electrons. The lowest BCUT2D eigenvalue weighted by molar-refractivity contribution is 0.186. The van der Waals surface area contributed by atoms with Gasteiger partial charge in [0.25, 0.3) is 0 Å². The second-order valence-electron chi connectivity index (χ2n) is 6.91. The Morgan fingerprint density at radius 2 is 1.56 bits per heavy atom. The van der Waals surface area contributed by atoms with Crippen LogP contribution in [-0.4, -0.2) is 51.9 Å². The number of hydrogen-bond acceptors (Lipinski definition) is 5. The molecule has 25 heavy (non-hydrogen) atoms. The highest BCUT2D eigenvalue weighted by Crippen LogP contribution is 2.35. The van der Waals surface area contributed by atoms with Gasteiger partial charge in [-0.15, -0.1) is 12.4 Å². The van der Waals surface area contributed by atoms with Crippen molar-refractivity contribution in [3.8, 4) is 17.2 Å². The molecule has 142 valence electrons. The summed E-state index contributed by atoms with van der Waals surface area (Å²) in [5, 5.41) is 3.74. The zero-order valence-corrected chi connectivity index (χ0v) is 16.4. The maximum atomic E-state index is 5.57. The molecule has 1 aromatic carbocycles. The van der Waals surface area contributed by atoms with Crippen LogP contribution in [0.3, 0.4) is 0 Å². The summed E-state index contributed by atoms with van der Waals surface area (Å²) >= 11 is 0. The minimum Gasteiger partial charge on any atom is -0.496 e. The molecule has 0 unspecified atom stereocenters. The van der Waals surface area contributed by atoms with Crippen molar-refractivity contribution in [1.82, 2.24) is 10.2 Å². The standard InChI is InChI=1S/C19H30N2O3.ClH/c1-22-16-10-18(23-2)17(19(11-16)24-3)13-21-8-6-15(7-9-21)20-12-14-4-5-14;/h10-11,14-15,20H,4-9,12-13H2,1-3H3;1H. The molecule has 1 aliphatic heterocycles. The first kappa shape index (κ1) is 20.1. The Morgan fingerprint density at radius 3 is 2.04 bits per heavy atom. The molecule has 3 rings (SSSR count). The number of hydrogen-bond donors (Lipinski definition) is 1. The lowest BCUT2D eigenvalue weighted by atomic mass is 10.0. The Labute approximate surface area is 157 Å². The topological polar surface area (TPSA) is 43.0 Å². The number of likely N-dealkylation sites (tertiary alicyclic amines) is 1. The first-order chi connectivity index (χ1) is 11.7. The smallest absolute Gasteiger partial charge is 0.130 e. The molecule has 1 heterocycles. The fraction of sp³-hybridized carbons (Fsp3) is 0.684. The largest absolute Gasteiger partial charge is 0.496 e. The summed E-state index contributed by atoms with van der Waals surface area (Å²) in [5.41, 5.74) is 1.10. The lowest BCUT2D eigenvalue weighted by Crippen LogP contribution is -2.42. The van der Waals surface area contributed by atoms with Gasteiger partial charge in [0.05, 0.1) is 26.9 Å². The molecule has 0 bridgehead atoms. The number of benzene rings is 1. The predicted octanol–water partition coefficient (Wildman–Crippen LogP) is 3.10. The number of rotatable bonds is 8. The van der Waals surface area contributed by atoms with Gasteiger partial charge in [0, 0.05) is 24.7 Å². The van der Waals surface area contributed by atoms with Crippen molar-refractivity contribution in [2.75, 3.05) is 41.0 Å². The third kappa shape index (κ3) is 5.40. The predicted molar refractivity (Wildman–Crippen MR) is 102 cm³/mol. The first-order valence-electron chi connectivity index (χ1n) is 8.98. The molecule has 1 saturated heterocycles. The molecule has 1 aromatic rings. The zero-order valence-electron chi connectivity index (χ0n) is 15.5. The summed E-state index contributed by atoms with van der Waals surface area (Å²) in [7, 11) is 5.06. The van der Waals surface area contributed by atoms with Crippen LogP contribution in [0.4, 0.5) is 0 Å². The van der Waals surface area contributed by atoms with Gasteiger partial charge in [-0.2, -0.15) is 0 Å². The number of halogens is 1. The van der Waals surface area contributed by atoms with E-state index in [4.69, 9.17) is 14.2 Å². The average molecular weight is 371 g/mol. The van der Waals surface area contributed by atoms with E-state index in [2.05, 4.69) is 10.2 Å². The van der Waals surface area contributed by atoms with E-state index in [-0.39, 0.29) is 12.4 Å². The molecular formula is C19H31ClN2O3. The normalized spacial score (nSPS) is 18.5. The minimum atomic E-state index is 0. The molecule has 0 spiro atoms. The number of methoxy groups -OCH3 is 3. The zero-order chi connectivity index (χ0) is 16.9. The number of nitrogens with zero attached hydrogens (tertiary/aromatic N) is 1. The van der Waals surface area contributed by atoms with Gasteiger partial charge in [0.2, 0.25) is 0 Å². The van der Waals surface area contributed by atoms with Crippen molar-refractivity contribution < 1.29 is 14.2 Å². The van der Waals surface area contributed by atoms with Crippen LogP contribution in [0.1, 0.15) is 31.2 Å². The third-order valence-electron chi connectivity index (χ3n) is 5.18. The van der Waals surface area contributed by atoms with Gasteiger partial charge in [-0.1, -0.05) is 0 Å². The van der Waals surface area contributed by atoms with Crippen molar-refractivity contribution in [1.29, 1.82) is 0 Å². The SMILES string of the molecule is COc1cc(OC)c(CN2CCC(NCC3CC3)CC2)c(OC)c1.Cl. The summed E-state index contributed by atoms with van der Waals surface area (Å²) in [6.07, 6.45) is 5.27.